The van der Waals surface area contributed by atoms with E-state index in [-0.39, 0.29) is 18.4 Å². The molecule has 23 heavy (non-hydrogen) atoms. The van der Waals surface area contributed by atoms with E-state index in [9.17, 15) is 0 Å². The fraction of sp³-hybridized carbons (Fsp3) is 0.133. The minimum atomic E-state index is 0. The maximum absolute atomic E-state index is 5.71. The first-order chi connectivity index (χ1) is 10.7. The first-order valence-corrected chi connectivity index (χ1v) is 6.67. The molecule has 3 N–H and O–H groups in total. The minimum absolute atomic E-state index is 0. The number of hydrazone groups is 1. The van der Waals surface area contributed by atoms with Gasteiger partial charge in [0, 0.05) is 12.4 Å². The lowest BCUT2D eigenvalue weighted by Gasteiger charge is -2.01. The zero-order chi connectivity index (χ0) is 15.8. The van der Waals surface area contributed by atoms with Gasteiger partial charge in [-0.25, -0.2) is 5.43 Å². The molecule has 7 nitrogen and oxygen atoms in total. The van der Waals surface area contributed by atoms with Crippen LogP contribution in [0.4, 0.5) is 0 Å². The molecular weight excluding hydrogens is 314 g/mol. The molecule has 2 aromatic heterocycles. The van der Waals surface area contributed by atoms with Crippen molar-refractivity contribution >= 4 is 29.8 Å². The van der Waals surface area contributed by atoms with Gasteiger partial charge in [0.05, 0.1) is 22.8 Å². The van der Waals surface area contributed by atoms with Gasteiger partial charge in [-0.3, -0.25) is 9.97 Å². The Labute approximate surface area is 140 Å². The molecule has 0 aliphatic carbocycles. The van der Waals surface area contributed by atoms with Crippen molar-refractivity contribution in [1.29, 1.82) is 0 Å². The van der Waals surface area contributed by atoms with E-state index in [4.69, 9.17) is 5.73 Å². The minimum Gasteiger partial charge on any atom is -0.367 e. The second-order valence-corrected chi connectivity index (χ2v) is 4.41. The molecule has 0 bridgehead atoms. The number of pyridine rings is 2. The molecule has 8 heteroatoms. The first-order valence-electron chi connectivity index (χ1n) is 6.67. The van der Waals surface area contributed by atoms with Crippen LogP contribution in [0.3, 0.4) is 0 Å². The topological polar surface area (TPSA) is 101 Å². The van der Waals surface area contributed by atoms with E-state index in [1.54, 1.807) is 12.4 Å². The number of nitrogens with two attached hydrogens (primary N) is 1. The van der Waals surface area contributed by atoms with E-state index in [0.717, 1.165) is 11.4 Å². The second kappa shape index (κ2) is 9.26. The Bertz CT molecular complexity index is 696. The van der Waals surface area contributed by atoms with Crippen molar-refractivity contribution in [1.82, 2.24) is 15.4 Å². The summed E-state index contributed by atoms with van der Waals surface area (Å²) in [7, 11) is 0. The van der Waals surface area contributed by atoms with Crippen LogP contribution in [-0.4, -0.2) is 27.4 Å². The average Bonchev–Trinajstić information content (AvgIpc) is 2.59. The molecule has 0 radical (unpaired) electrons. The molecule has 0 aromatic carbocycles. The Hall–Kier alpha value is -2.80. The maximum Gasteiger partial charge on any atom is 0.234 e. The summed E-state index contributed by atoms with van der Waals surface area (Å²) in [6.07, 6.45) is 3.40. The Balaban J connectivity index is 0.00000264. The van der Waals surface area contributed by atoms with E-state index in [1.165, 1.54) is 0 Å². The summed E-state index contributed by atoms with van der Waals surface area (Å²) in [5.41, 5.74) is 11.2. The number of hydrogen-bond acceptors (Lipinski definition) is 5. The van der Waals surface area contributed by atoms with Gasteiger partial charge in [-0.05, 0) is 38.1 Å². The predicted octanol–water partition coefficient (Wildman–Crippen LogP) is 1.95. The van der Waals surface area contributed by atoms with Crippen LogP contribution in [0.25, 0.3) is 0 Å². The Morgan fingerprint density at radius 1 is 0.913 bits per heavy atom. The predicted molar refractivity (Wildman–Crippen MR) is 94.9 cm³/mol. The van der Waals surface area contributed by atoms with E-state index in [2.05, 4.69) is 30.7 Å². The number of hydrogen-bond donors (Lipinski definition) is 2. The van der Waals surface area contributed by atoms with Crippen molar-refractivity contribution in [3.8, 4) is 0 Å². The molecule has 0 aliphatic heterocycles. The number of aromatic nitrogens is 2. The van der Waals surface area contributed by atoms with Crippen LogP contribution in [0.15, 0.2) is 64.1 Å². The largest absolute Gasteiger partial charge is 0.367 e. The molecule has 0 spiro atoms. The summed E-state index contributed by atoms with van der Waals surface area (Å²) < 4.78 is 0. The first kappa shape index (κ1) is 18.2. The number of nitrogens with zero attached hydrogens (tertiary/aromatic N) is 5. The van der Waals surface area contributed by atoms with Crippen molar-refractivity contribution in [2.75, 3.05) is 0 Å². The lowest BCUT2D eigenvalue weighted by molar-refractivity contribution is 0.979. The van der Waals surface area contributed by atoms with Gasteiger partial charge in [0.25, 0.3) is 0 Å². The van der Waals surface area contributed by atoms with Gasteiger partial charge in [0.2, 0.25) is 5.96 Å². The zero-order valence-electron chi connectivity index (χ0n) is 12.8. The van der Waals surface area contributed by atoms with Crippen LogP contribution in [0, 0.1) is 0 Å². The van der Waals surface area contributed by atoms with Gasteiger partial charge < -0.3 is 5.73 Å². The lowest BCUT2D eigenvalue weighted by atomic mass is 10.3. The smallest absolute Gasteiger partial charge is 0.234 e. The van der Waals surface area contributed by atoms with Crippen LogP contribution in [-0.2, 0) is 0 Å². The van der Waals surface area contributed by atoms with Gasteiger partial charge in [0.1, 0.15) is 0 Å². The molecule has 2 aromatic rings. The van der Waals surface area contributed by atoms with Crippen molar-refractivity contribution in [3.63, 3.8) is 0 Å². The number of guanidine groups is 1. The molecule has 0 saturated carbocycles. The summed E-state index contributed by atoms with van der Waals surface area (Å²) in [5.74, 6) is 0.0885. The molecule has 2 rings (SSSR count). The van der Waals surface area contributed by atoms with Crippen LogP contribution >= 0.6 is 12.4 Å². The summed E-state index contributed by atoms with van der Waals surface area (Å²) in [6, 6.07) is 11.2. The van der Waals surface area contributed by atoms with Crippen molar-refractivity contribution in [2.45, 2.75) is 13.8 Å². The highest BCUT2D eigenvalue weighted by atomic mass is 35.5. The highest BCUT2D eigenvalue weighted by molar-refractivity contribution is 5.98. The molecule has 0 fully saturated rings. The van der Waals surface area contributed by atoms with Gasteiger partial charge in [0.15, 0.2) is 0 Å². The Morgan fingerprint density at radius 2 is 1.48 bits per heavy atom. The van der Waals surface area contributed by atoms with Gasteiger partial charge in [-0.2, -0.15) is 5.10 Å². The third kappa shape index (κ3) is 5.84. The van der Waals surface area contributed by atoms with Gasteiger partial charge >= 0.3 is 0 Å². The quantitative estimate of drug-likeness (QED) is 0.508. The second-order valence-electron chi connectivity index (χ2n) is 4.41. The number of nitrogens with one attached hydrogen (secondary N) is 1. The molecule has 0 amide bonds. The average molecular weight is 332 g/mol. The van der Waals surface area contributed by atoms with E-state index >= 15 is 0 Å². The summed E-state index contributed by atoms with van der Waals surface area (Å²) in [5, 5.41) is 12.0. The monoisotopic (exact) mass is 331 g/mol. The van der Waals surface area contributed by atoms with E-state index in [1.807, 2.05) is 50.2 Å². The molecular formula is C15H18ClN7. The lowest BCUT2D eigenvalue weighted by Crippen LogP contribution is -2.28. The van der Waals surface area contributed by atoms with Crippen LogP contribution in [0.5, 0.6) is 0 Å². The van der Waals surface area contributed by atoms with Gasteiger partial charge in [-0.1, -0.05) is 12.1 Å². The molecule has 0 atom stereocenters. The SMILES string of the molecule is CC(=N/N=C(/N)NN=C(C)c1ccccn1)c1ccccn1.Cl. The zero-order valence-corrected chi connectivity index (χ0v) is 13.7. The maximum atomic E-state index is 5.71. The summed E-state index contributed by atoms with van der Waals surface area (Å²) >= 11 is 0. The Kier molecular flexibility index (Phi) is 7.35. The summed E-state index contributed by atoms with van der Waals surface area (Å²) in [6.45, 7) is 3.63. The highest BCUT2D eigenvalue weighted by Gasteiger charge is 1.98. The third-order valence-corrected chi connectivity index (χ3v) is 2.72. The molecule has 0 unspecified atom stereocenters. The standard InChI is InChI=1S/C15H17N7.ClH/c1-11(13-7-3-5-9-17-13)19-21-15(16)22-20-12(2)14-8-4-6-10-18-14;/h3-10H,1-2H3,(H3,16,21,22);1H. The van der Waals surface area contributed by atoms with Gasteiger partial charge in [-0.15, -0.1) is 22.6 Å². The third-order valence-electron chi connectivity index (χ3n) is 2.72. The van der Waals surface area contributed by atoms with Crippen molar-refractivity contribution in [3.05, 3.63) is 60.2 Å². The van der Waals surface area contributed by atoms with E-state index < -0.39 is 0 Å². The molecule has 0 saturated heterocycles. The molecule has 0 aliphatic rings. The number of rotatable bonds is 4. The normalized spacial score (nSPS) is 12.5. The number of halogens is 1. The van der Waals surface area contributed by atoms with Crippen LogP contribution in [0.2, 0.25) is 0 Å². The molecule has 120 valence electrons. The van der Waals surface area contributed by atoms with E-state index in [0.29, 0.717) is 11.4 Å². The van der Waals surface area contributed by atoms with Crippen molar-refractivity contribution < 1.29 is 0 Å². The highest BCUT2D eigenvalue weighted by Crippen LogP contribution is 1.97. The van der Waals surface area contributed by atoms with Crippen molar-refractivity contribution in [2.24, 2.45) is 21.0 Å². The van der Waals surface area contributed by atoms with Crippen LogP contribution in [0.1, 0.15) is 25.2 Å². The fourth-order valence-corrected chi connectivity index (χ4v) is 1.55. The fourth-order valence-electron chi connectivity index (χ4n) is 1.55. The van der Waals surface area contributed by atoms with Crippen LogP contribution < -0.4 is 11.2 Å². The Morgan fingerprint density at radius 3 is 2.00 bits per heavy atom. The summed E-state index contributed by atoms with van der Waals surface area (Å²) in [4.78, 5) is 8.36. The molecule has 2 heterocycles.